The molecule has 5 heteroatoms. The molecule has 0 aliphatic heterocycles. The maximum absolute atomic E-state index is 7.05. The number of unbranched alkanes of at least 4 members (excludes halogenated alkanes) is 17. The Morgan fingerprint density at radius 3 is 1.08 bits per heavy atom. The Morgan fingerprint density at radius 2 is 0.621 bits per heavy atom. The topological polar surface area (TPSA) is 31.6 Å². The van der Waals surface area contributed by atoms with E-state index in [0.29, 0.717) is 13.2 Å². The van der Waals surface area contributed by atoms with Crippen LogP contribution in [0.25, 0.3) is 110 Å². The van der Waals surface area contributed by atoms with Gasteiger partial charge in [0.15, 0.2) is 0 Å². The molecule has 132 heavy (non-hydrogen) atoms. The number of hydrogen-bond donors (Lipinski definition) is 0. The van der Waals surface area contributed by atoms with E-state index in [2.05, 4.69) is 403 Å². The third-order valence-corrected chi connectivity index (χ3v) is 29.6. The number of ether oxygens (including phenoxy) is 2. The van der Waals surface area contributed by atoms with Crippen LogP contribution in [-0.4, -0.2) is 22.3 Å². The molecule has 15 aromatic carbocycles. The summed E-state index contributed by atoms with van der Waals surface area (Å²) in [6.07, 6.45) is 24.4. The van der Waals surface area contributed by atoms with Crippen LogP contribution in [0, 0.1) is 0 Å². The van der Waals surface area contributed by atoms with Gasteiger partial charge in [-0.05, 0) is 274 Å². The second-order valence-electron chi connectivity index (χ2n) is 40.2. The van der Waals surface area contributed by atoms with Gasteiger partial charge in [-0.25, -0.2) is 0 Å². The summed E-state index contributed by atoms with van der Waals surface area (Å²) in [6, 6.07) is 129. The molecule has 1 unspecified atom stereocenters. The quantitative estimate of drug-likeness (QED) is 0.0367. The summed E-state index contributed by atoms with van der Waals surface area (Å²) < 4.78 is 18.6. The molecule has 0 bridgehead atoms. The first kappa shape index (κ1) is 87.4. The van der Waals surface area contributed by atoms with Crippen LogP contribution in [0.4, 0.5) is 17.1 Å². The van der Waals surface area contributed by atoms with E-state index in [-0.39, 0.29) is 10.8 Å². The smallest absolute Gasteiger partial charge is 0.119 e. The van der Waals surface area contributed by atoms with Gasteiger partial charge in [0.05, 0.1) is 24.0 Å². The highest BCUT2D eigenvalue weighted by atomic mass is 16.5. The molecule has 0 radical (unpaired) electrons. The number of aromatic nitrogens is 2. The van der Waals surface area contributed by atoms with Crippen molar-refractivity contribution in [2.45, 2.75) is 225 Å². The van der Waals surface area contributed by atoms with Crippen LogP contribution >= 0.6 is 0 Å². The Bertz CT molecular complexity index is 6800. The SMILES string of the molecule is CCCCCCCCn1c2ccccc2c2cc(C3(c4ccc5c(c4)c4ccccc4n5CCCCCCCC)c4cc(-c5ccc(C(C)(C)C)cc5)ccc4-c4ccc(-c5ccc6c(c5)C5(c7ccccc7-c7ccc(OCCCCCCCCCCOCc8ccc(N(c9ccccc9)c9ccccc9)cc8)cc75)c5cc(-c7ccc(C(C)(C)C)cc7)ccc5-6)cc43)ccc21. The summed E-state index contributed by atoms with van der Waals surface area (Å²) in [5.74, 6) is 0.929. The predicted octanol–water partition coefficient (Wildman–Crippen LogP) is 35.1. The number of benzene rings is 15. The van der Waals surface area contributed by atoms with Crippen LogP contribution < -0.4 is 9.64 Å². The molecule has 1 spiro atoms. The van der Waals surface area contributed by atoms with Crippen molar-refractivity contribution < 1.29 is 9.47 Å². The molecule has 17 aromatic rings. The second kappa shape index (κ2) is 38.0. The molecule has 0 fully saturated rings. The molecule has 2 aromatic heterocycles. The molecule has 0 amide bonds. The molecule has 3 aliphatic carbocycles. The van der Waals surface area contributed by atoms with Gasteiger partial charge in [0.1, 0.15) is 5.75 Å². The fourth-order valence-electron chi connectivity index (χ4n) is 22.7. The number of aryl methyl sites for hydroxylation is 2. The Balaban J connectivity index is 0.650. The zero-order valence-electron chi connectivity index (χ0n) is 79.1. The summed E-state index contributed by atoms with van der Waals surface area (Å²) in [5.41, 5.74) is 36.5. The molecule has 0 N–H and O–H groups in total. The largest absolute Gasteiger partial charge is 0.494 e. The van der Waals surface area contributed by atoms with E-state index in [1.165, 1.54) is 268 Å². The molecule has 664 valence electrons. The number of rotatable bonds is 36. The number of nitrogens with zero attached hydrogens (tertiary/aromatic N) is 3. The van der Waals surface area contributed by atoms with Crippen molar-refractivity contribution in [3.05, 3.63) is 395 Å². The molecule has 20 rings (SSSR count). The number of anilines is 3. The van der Waals surface area contributed by atoms with E-state index in [1.807, 2.05) is 0 Å². The van der Waals surface area contributed by atoms with Gasteiger partial charge in [-0.1, -0.05) is 383 Å². The highest BCUT2D eigenvalue weighted by molar-refractivity contribution is 6.11. The third kappa shape index (κ3) is 16.6. The zero-order valence-corrected chi connectivity index (χ0v) is 79.1. The fourth-order valence-corrected chi connectivity index (χ4v) is 22.7. The van der Waals surface area contributed by atoms with Gasteiger partial charge in [-0.2, -0.15) is 0 Å². The molecular weight excluding hydrogens is 1600 g/mol. The lowest BCUT2D eigenvalue weighted by Gasteiger charge is -2.35. The van der Waals surface area contributed by atoms with Gasteiger partial charge in [-0.3, -0.25) is 0 Å². The summed E-state index contributed by atoms with van der Waals surface area (Å²) >= 11 is 0. The van der Waals surface area contributed by atoms with Crippen molar-refractivity contribution in [1.29, 1.82) is 0 Å². The standard InChI is InChI=1S/C127H129N3O2/c1-9-11-13-15-21-37-77-128-120-49-35-32-46-110(120)112-85-98(65-75-122(112)128)126(99-66-76-123-113(86-99)111-47-33-36-50-121(111)129(123)78-38-22-16-14-12-10-2)115-81-92(90-53-61-96(62-54-90)124(3,4)5)57-70-105(115)106-72-59-94(83-116(106)126)95-60-73-108-107-71-58-93(91-55-63-97(64-56-91)125(6,7)8)82-117(107)127(118(108)84-95)114-48-34-31-45-104(114)109-74-69-103(87-119(109)127)132-80-40-24-20-18-17-19-23-39-79-131-88-89-51-67-102(68-52-89)130(100-41-27-25-28-42-100)101-43-29-26-30-44-101/h25-36,41-76,81-87H,9-24,37-40,77-80,88H2,1-8H3. The van der Waals surface area contributed by atoms with E-state index in [1.54, 1.807) is 0 Å². The highest BCUT2D eigenvalue weighted by Crippen LogP contribution is 2.65. The summed E-state index contributed by atoms with van der Waals surface area (Å²) in [6.45, 7) is 22.6. The maximum atomic E-state index is 7.05. The highest BCUT2D eigenvalue weighted by Gasteiger charge is 2.53. The lowest BCUT2D eigenvalue weighted by molar-refractivity contribution is 0.116. The average Bonchev–Trinajstić information content (AvgIpc) is 1.51. The normalized spacial score (nSPS) is 14.0. The fraction of sp³-hybridized carbons (Fsp3) is 0.291. The van der Waals surface area contributed by atoms with E-state index in [4.69, 9.17) is 9.47 Å². The van der Waals surface area contributed by atoms with E-state index >= 15 is 0 Å². The van der Waals surface area contributed by atoms with Crippen LogP contribution in [0.5, 0.6) is 5.75 Å². The minimum atomic E-state index is -0.797. The van der Waals surface area contributed by atoms with Gasteiger partial charge >= 0.3 is 0 Å². The van der Waals surface area contributed by atoms with E-state index in [0.717, 1.165) is 74.6 Å². The summed E-state index contributed by atoms with van der Waals surface area (Å²) in [7, 11) is 0. The third-order valence-electron chi connectivity index (χ3n) is 29.6. The lowest BCUT2D eigenvalue weighted by atomic mass is 9.66. The Labute approximate surface area is 784 Å². The van der Waals surface area contributed by atoms with Crippen molar-refractivity contribution in [1.82, 2.24) is 9.13 Å². The average molecular weight is 1730 g/mol. The molecule has 1 atom stereocenters. The first-order chi connectivity index (χ1) is 64.7. The molecule has 0 saturated carbocycles. The van der Waals surface area contributed by atoms with Gasteiger partial charge in [0.25, 0.3) is 0 Å². The number of para-hydroxylation sites is 4. The minimum Gasteiger partial charge on any atom is -0.494 e. The predicted molar refractivity (Wildman–Crippen MR) is 560 cm³/mol. The van der Waals surface area contributed by atoms with Crippen molar-refractivity contribution in [2.24, 2.45) is 0 Å². The van der Waals surface area contributed by atoms with E-state index < -0.39 is 10.8 Å². The van der Waals surface area contributed by atoms with Crippen molar-refractivity contribution in [3.8, 4) is 72.5 Å². The second-order valence-corrected chi connectivity index (χ2v) is 40.2. The Hall–Kier alpha value is -12.5. The van der Waals surface area contributed by atoms with Crippen LogP contribution in [-0.2, 0) is 46.1 Å². The molecular formula is C127H129N3O2. The van der Waals surface area contributed by atoms with Crippen molar-refractivity contribution in [3.63, 3.8) is 0 Å². The Morgan fingerprint density at radius 1 is 0.265 bits per heavy atom. The van der Waals surface area contributed by atoms with Gasteiger partial charge < -0.3 is 23.5 Å². The zero-order chi connectivity index (χ0) is 89.9. The monoisotopic (exact) mass is 1730 g/mol. The number of fused-ring (bicyclic) bond motifs is 19. The van der Waals surface area contributed by atoms with Crippen LogP contribution in [0.2, 0.25) is 0 Å². The molecule has 0 saturated heterocycles. The van der Waals surface area contributed by atoms with Crippen LogP contribution in [0.3, 0.4) is 0 Å². The van der Waals surface area contributed by atoms with E-state index in [9.17, 15) is 0 Å². The maximum Gasteiger partial charge on any atom is 0.119 e. The summed E-state index contributed by atoms with van der Waals surface area (Å²) in [4.78, 5) is 2.30. The van der Waals surface area contributed by atoms with Crippen LogP contribution in [0.1, 0.15) is 245 Å². The first-order valence-electron chi connectivity index (χ1n) is 50.0. The number of hydrogen-bond acceptors (Lipinski definition) is 3. The van der Waals surface area contributed by atoms with Gasteiger partial charge in [0.2, 0.25) is 0 Å². The van der Waals surface area contributed by atoms with Crippen molar-refractivity contribution in [2.75, 3.05) is 18.1 Å². The molecule has 3 aliphatic rings. The molecule has 2 heterocycles. The first-order valence-corrected chi connectivity index (χ1v) is 50.0. The summed E-state index contributed by atoms with van der Waals surface area (Å²) in [5, 5.41) is 5.25. The Kier molecular flexibility index (Phi) is 25.2. The minimum absolute atomic E-state index is 0.0175. The van der Waals surface area contributed by atoms with Crippen LogP contribution in [0.15, 0.2) is 334 Å². The van der Waals surface area contributed by atoms with Gasteiger partial charge in [0, 0.05) is 80.4 Å². The van der Waals surface area contributed by atoms with Crippen molar-refractivity contribution >= 4 is 60.7 Å². The van der Waals surface area contributed by atoms with Gasteiger partial charge in [-0.15, -0.1) is 0 Å². The molecule has 5 nitrogen and oxygen atoms in total. The lowest BCUT2D eigenvalue weighted by Crippen LogP contribution is -2.29.